The van der Waals surface area contributed by atoms with Gasteiger partial charge in [0.15, 0.2) is 0 Å². The third-order valence-electron chi connectivity index (χ3n) is 2.48. The van der Waals surface area contributed by atoms with Crippen LogP contribution in [0.25, 0.3) is 0 Å². The van der Waals surface area contributed by atoms with Crippen LogP contribution in [0.3, 0.4) is 0 Å². The molecule has 52 valence electrons. The van der Waals surface area contributed by atoms with Crippen molar-refractivity contribution < 1.29 is 5.11 Å². The summed E-state index contributed by atoms with van der Waals surface area (Å²) in [7, 11) is 0. The Balaban J connectivity index is 2.03. The number of aliphatic hydroxyl groups is 1. The molecule has 2 N–H and O–H groups in total. The van der Waals surface area contributed by atoms with E-state index in [0.29, 0.717) is 6.04 Å². The van der Waals surface area contributed by atoms with Crippen molar-refractivity contribution in [1.29, 1.82) is 0 Å². The van der Waals surface area contributed by atoms with Crippen LogP contribution in [0.1, 0.15) is 19.3 Å². The van der Waals surface area contributed by atoms with Gasteiger partial charge >= 0.3 is 0 Å². The summed E-state index contributed by atoms with van der Waals surface area (Å²) in [6.45, 7) is 1.14. The van der Waals surface area contributed by atoms with Gasteiger partial charge in [0.25, 0.3) is 0 Å². The highest BCUT2D eigenvalue weighted by atomic mass is 16.3. The number of nitrogens with one attached hydrogen (secondary N) is 1. The van der Waals surface area contributed by atoms with Gasteiger partial charge in [0.05, 0.1) is 6.10 Å². The molecule has 0 unspecified atom stereocenters. The van der Waals surface area contributed by atoms with Crippen molar-refractivity contribution in [2.45, 2.75) is 31.4 Å². The number of fused-ring (bicyclic) bond motifs is 2. The van der Waals surface area contributed by atoms with Gasteiger partial charge in [0.1, 0.15) is 0 Å². The Morgan fingerprint density at radius 3 is 2.89 bits per heavy atom. The summed E-state index contributed by atoms with van der Waals surface area (Å²) < 4.78 is 0. The van der Waals surface area contributed by atoms with Crippen molar-refractivity contribution in [2.75, 3.05) is 6.54 Å². The maximum Gasteiger partial charge on any atom is 0.0558 e. The van der Waals surface area contributed by atoms with Crippen molar-refractivity contribution in [3.05, 3.63) is 0 Å². The molecule has 0 aromatic carbocycles. The maximum atomic E-state index is 9.25. The summed E-state index contributed by atoms with van der Waals surface area (Å²) in [5.74, 6) is 0.777. The van der Waals surface area contributed by atoms with Crippen LogP contribution in [-0.2, 0) is 0 Å². The van der Waals surface area contributed by atoms with E-state index in [2.05, 4.69) is 5.32 Å². The van der Waals surface area contributed by atoms with Crippen LogP contribution >= 0.6 is 0 Å². The first-order chi connectivity index (χ1) is 4.34. The van der Waals surface area contributed by atoms with E-state index >= 15 is 0 Å². The molecular formula is C7H13NO. The van der Waals surface area contributed by atoms with Gasteiger partial charge in [0.2, 0.25) is 0 Å². The van der Waals surface area contributed by atoms with Crippen LogP contribution in [0.5, 0.6) is 0 Å². The van der Waals surface area contributed by atoms with E-state index in [-0.39, 0.29) is 6.10 Å². The van der Waals surface area contributed by atoms with Gasteiger partial charge in [-0.05, 0) is 31.7 Å². The van der Waals surface area contributed by atoms with Crippen LogP contribution in [0.2, 0.25) is 0 Å². The molecule has 1 saturated carbocycles. The SMILES string of the molecule is O[C@H]1C[C@@H]2CN[C@H](C1)C2. The normalized spacial score (nSPS) is 49.7. The smallest absolute Gasteiger partial charge is 0.0558 e. The maximum absolute atomic E-state index is 9.25. The summed E-state index contributed by atoms with van der Waals surface area (Å²) in [5.41, 5.74) is 0. The van der Waals surface area contributed by atoms with Gasteiger partial charge < -0.3 is 10.4 Å². The monoisotopic (exact) mass is 127 g/mol. The van der Waals surface area contributed by atoms with Crippen LogP contribution < -0.4 is 5.32 Å². The zero-order chi connectivity index (χ0) is 6.27. The summed E-state index contributed by atoms with van der Waals surface area (Å²) >= 11 is 0. The first kappa shape index (κ1) is 5.69. The lowest BCUT2D eigenvalue weighted by molar-refractivity contribution is 0.111. The molecule has 0 spiro atoms. The molecule has 2 bridgehead atoms. The number of aliphatic hydroxyl groups excluding tert-OH is 1. The summed E-state index contributed by atoms with van der Waals surface area (Å²) in [4.78, 5) is 0. The van der Waals surface area contributed by atoms with E-state index in [1.165, 1.54) is 6.42 Å². The summed E-state index contributed by atoms with van der Waals surface area (Å²) in [5, 5.41) is 12.6. The predicted molar refractivity (Wildman–Crippen MR) is 35.1 cm³/mol. The average molecular weight is 127 g/mol. The largest absolute Gasteiger partial charge is 0.393 e. The highest BCUT2D eigenvalue weighted by molar-refractivity contribution is 4.89. The van der Waals surface area contributed by atoms with Crippen LogP contribution in [-0.4, -0.2) is 23.8 Å². The van der Waals surface area contributed by atoms with Gasteiger partial charge in [-0.3, -0.25) is 0 Å². The first-order valence-electron chi connectivity index (χ1n) is 3.76. The van der Waals surface area contributed by atoms with Crippen molar-refractivity contribution in [2.24, 2.45) is 5.92 Å². The fourth-order valence-electron chi connectivity index (χ4n) is 2.07. The highest BCUT2D eigenvalue weighted by Gasteiger charge is 2.32. The minimum Gasteiger partial charge on any atom is -0.393 e. The third-order valence-corrected chi connectivity index (χ3v) is 2.48. The van der Waals surface area contributed by atoms with Crippen molar-refractivity contribution in [3.63, 3.8) is 0 Å². The fraction of sp³-hybridized carbons (Fsp3) is 1.00. The van der Waals surface area contributed by atoms with E-state index in [1.54, 1.807) is 0 Å². The Labute approximate surface area is 55.3 Å². The Morgan fingerprint density at radius 1 is 1.22 bits per heavy atom. The molecule has 1 aliphatic heterocycles. The second kappa shape index (κ2) is 1.96. The molecule has 1 heterocycles. The number of rotatable bonds is 0. The topological polar surface area (TPSA) is 32.3 Å². The molecule has 9 heavy (non-hydrogen) atoms. The van der Waals surface area contributed by atoms with Crippen molar-refractivity contribution in [3.8, 4) is 0 Å². The van der Waals surface area contributed by atoms with Crippen molar-refractivity contribution in [1.82, 2.24) is 5.32 Å². The van der Waals surface area contributed by atoms with E-state index in [4.69, 9.17) is 0 Å². The fourth-order valence-corrected chi connectivity index (χ4v) is 2.07. The molecule has 0 amide bonds. The summed E-state index contributed by atoms with van der Waals surface area (Å²) in [6.07, 6.45) is 3.31. The molecule has 2 nitrogen and oxygen atoms in total. The molecule has 0 aromatic rings. The second-order valence-electron chi connectivity index (χ2n) is 3.33. The molecule has 2 rings (SSSR count). The average Bonchev–Trinajstić information content (AvgIpc) is 2.11. The van der Waals surface area contributed by atoms with Gasteiger partial charge in [-0.1, -0.05) is 0 Å². The van der Waals surface area contributed by atoms with Crippen molar-refractivity contribution >= 4 is 0 Å². The molecule has 2 fully saturated rings. The minimum atomic E-state index is -0.0104. The second-order valence-corrected chi connectivity index (χ2v) is 3.33. The first-order valence-corrected chi connectivity index (χ1v) is 3.76. The Hall–Kier alpha value is -0.0800. The number of hydrogen-bond acceptors (Lipinski definition) is 2. The molecule has 0 radical (unpaired) electrons. The zero-order valence-corrected chi connectivity index (χ0v) is 5.51. The van der Waals surface area contributed by atoms with Crippen LogP contribution in [0, 0.1) is 5.92 Å². The molecule has 1 aliphatic carbocycles. The molecular weight excluding hydrogens is 114 g/mol. The molecule has 2 heteroatoms. The third kappa shape index (κ3) is 0.970. The lowest BCUT2D eigenvalue weighted by Gasteiger charge is -2.22. The summed E-state index contributed by atoms with van der Waals surface area (Å²) in [6, 6.07) is 0.638. The Morgan fingerprint density at radius 2 is 2.11 bits per heavy atom. The van der Waals surface area contributed by atoms with E-state index < -0.39 is 0 Å². The van der Waals surface area contributed by atoms with Gasteiger partial charge in [-0.2, -0.15) is 0 Å². The lowest BCUT2D eigenvalue weighted by Crippen LogP contribution is -2.27. The lowest BCUT2D eigenvalue weighted by atomic mass is 9.88. The minimum absolute atomic E-state index is 0.0104. The highest BCUT2D eigenvalue weighted by Crippen LogP contribution is 2.28. The Kier molecular flexibility index (Phi) is 1.24. The number of hydrogen-bond donors (Lipinski definition) is 2. The van der Waals surface area contributed by atoms with E-state index in [0.717, 1.165) is 25.3 Å². The molecule has 3 atom stereocenters. The van der Waals surface area contributed by atoms with Gasteiger partial charge in [-0.25, -0.2) is 0 Å². The molecule has 1 saturated heterocycles. The molecule has 0 aromatic heterocycles. The zero-order valence-electron chi connectivity index (χ0n) is 5.51. The standard InChI is InChI=1S/C7H13NO/c9-7-2-5-1-6(3-7)8-4-5/h5-9H,1-4H2/t5-,6+,7+/m1/s1. The predicted octanol–water partition coefficient (Wildman–Crippen LogP) is 0.119. The van der Waals surface area contributed by atoms with Gasteiger partial charge in [-0.15, -0.1) is 0 Å². The quantitative estimate of drug-likeness (QED) is 0.484. The van der Waals surface area contributed by atoms with E-state index in [1.807, 2.05) is 0 Å². The van der Waals surface area contributed by atoms with Crippen LogP contribution in [0.4, 0.5) is 0 Å². The van der Waals surface area contributed by atoms with Crippen LogP contribution in [0.15, 0.2) is 0 Å². The van der Waals surface area contributed by atoms with E-state index in [9.17, 15) is 5.11 Å². The molecule has 2 aliphatic rings. The van der Waals surface area contributed by atoms with Gasteiger partial charge in [0, 0.05) is 6.04 Å². The Bertz CT molecular complexity index is 103.